The number of anilines is 1. The van der Waals surface area contributed by atoms with Gasteiger partial charge < -0.3 is 5.32 Å². The van der Waals surface area contributed by atoms with Gasteiger partial charge in [-0.25, -0.2) is 4.39 Å². The summed E-state index contributed by atoms with van der Waals surface area (Å²) in [5.74, 6) is 1.89. The van der Waals surface area contributed by atoms with Crippen LogP contribution >= 0.6 is 15.9 Å². The van der Waals surface area contributed by atoms with E-state index >= 15 is 0 Å². The molecule has 18 heavy (non-hydrogen) atoms. The molecule has 1 aromatic rings. The van der Waals surface area contributed by atoms with E-state index in [2.05, 4.69) is 40.3 Å². The maximum atomic E-state index is 13.8. The third kappa shape index (κ3) is 2.09. The largest absolute Gasteiger partial charge is 0.379 e. The first-order valence-electron chi connectivity index (χ1n) is 6.54. The van der Waals surface area contributed by atoms with Crippen molar-refractivity contribution >= 4 is 21.6 Å². The lowest BCUT2D eigenvalue weighted by Gasteiger charge is -2.27. The van der Waals surface area contributed by atoms with Gasteiger partial charge in [-0.05, 0) is 65.6 Å². The van der Waals surface area contributed by atoms with Gasteiger partial charge in [0.2, 0.25) is 0 Å². The van der Waals surface area contributed by atoms with Crippen LogP contribution in [-0.2, 0) is 0 Å². The molecule has 0 amide bonds. The molecule has 2 aliphatic rings. The van der Waals surface area contributed by atoms with E-state index in [0.29, 0.717) is 23.6 Å². The minimum atomic E-state index is -0.185. The Morgan fingerprint density at radius 3 is 2.78 bits per heavy atom. The van der Waals surface area contributed by atoms with Crippen molar-refractivity contribution in [2.24, 2.45) is 17.8 Å². The fourth-order valence-corrected chi connectivity index (χ4v) is 3.83. The maximum Gasteiger partial charge on any atom is 0.147 e. The Bertz CT molecular complexity index is 465. The normalized spacial score (nSPS) is 30.7. The van der Waals surface area contributed by atoms with Crippen molar-refractivity contribution in [3.8, 4) is 0 Å². The summed E-state index contributed by atoms with van der Waals surface area (Å²) in [5, 5.41) is 3.35. The molecule has 0 aromatic heterocycles. The highest BCUT2D eigenvalue weighted by Crippen LogP contribution is 2.45. The van der Waals surface area contributed by atoms with Gasteiger partial charge in [-0.3, -0.25) is 0 Å². The standard InChI is InChI=1S/C15H17BrFN/c1-9(12-8-10-5-6-11(12)7-10)18-15-13(16)3-2-4-14(15)17/h2-6,9-12,18H,7-8H2,1H3. The summed E-state index contributed by atoms with van der Waals surface area (Å²) >= 11 is 3.41. The number of rotatable bonds is 3. The molecule has 1 aromatic carbocycles. The molecule has 2 aliphatic carbocycles. The van der Waals surface area contributed by atoms with Crippen LogP contribution in [-0.4, -0.2) is 6.04 Å². The molecule has 1 fully saturated rings. The van der Waals surface area contributed by atoms with Crippen molar-refractivity contribution in [2.75, 3.05) is 5.32 Å². The number of hydrogen-bond acceptors (Lipinski definition) is 1. The van der Waals surface area contributed by atoms with Crippen LogP contribution in [0.2, 0.25) is 0 Å². The highest BCUT2D eigenvalue weighted by molar-refractivity contribution is 9.10. The Morgan fingerprint density at radius 2 is 2.17 bits per heavy atom. The molecule has 0 aliphatic heterocycles. The number of para-hydroxylation sites is 1. The van der Waals surface area contributed by atoms with Gasteiger partial charge in [0.1, 0.15) is 5.82 Å². The van der Waals surface area contributed by atoms with Crippen LogP contribution in [0.4, 0.5) is 10.1 Å². The van der Waals surface area contributed by atoms with Crippen molar-refractivity contribution in [1.29, 1.82) is 0 Å². The van der Waals surface area contributed by atoms with Crippen LogP contribution in [0, 0.1) is 23.6 Å². The quantitative estimate of drug-likeness (QED) is 0.805. The molecule has 0 spiro atoms. The van der Waals surface area contributed by atoms with Crippen LogP contribution in [0.25, 0.3) is 0 Å². The molecule has 0 heterocycles. The summed E-state index contributed by atoms with van der Waals surface area (Å²) in [6.45, 7) is 2.16. The van der Waals surface area contributed by atoms with Crippen molar-refractivity contribution in [3.63, 3.8) is 0 Å². The molecule has 0 saturated heterocycles. The fraction of sp³-hybridized carbons (Fsp3) is 0.467. The number of allylic oxidation sites excluding steroid dienone is 2. The number of hydrogen-bond donors (Lipinski definition) is 1. The van der Waals surface area contributed by atoms with Gasteiger partial charge >= 0.3 is 0 Å². The zero-order chi connectivity index (χ0) is 12.7. The van der Waals surface area contributed by atoms with Crippen LogP contribution < -0.4 is 5.32 Å². The zero-order valence-corrected chi connectivity index (χ0v) is 12.0. The van der Waals surface area contributed by atoms with Crippen molar-refractivity contribution in [1.82, 2.24) is 0 Å². The predicted molar refractivity (Wildman–Crippen MR) is 76.0 cm³/mol. The lowest BCUT2D eigenvalue weighted by Crippen LogP contribution is -2.29. The number of nitrogens with one attached hydrogen (secondary N) is 1. The van der Waals surface area contributed by atoms with Gasteiger partial charge in [-0.15, -0.1) is 0 Å². The van der Waals surface area contributed by atoms with E-state index in [9.17, 15) is 4.39 Å². The first kappa shape index (κ1) is 12.2. The predicted octanol–water partition coefficient (Wildman–Crippen LogP) is 4.60. The van der Waals surface area contributed by atoms with E-state index in [0.717, 1.165) is 10.4 Å². The smallest absolute Gasteiger partial charge is 0.147 e. The highest BCUT2D eigenvalue weighted by atomic mass is 79.9. The van der Waals surface area contributed by atoms with Gasteiger partial charge in [-0.1, -0.05) is 18.2 Å². The molecule has 3 rings (SSSR count). The summed E-state index contributed by atoms with van der Waals surface area (Å²) in [6, 6.07) is 5.40. The average molecular weight is 310 g/mol. The van der Waals surface area contributed by atoms with Gasteiger partial charge in [0.25, 0.3) is 0 Å². The Balaban J connectivity index is 1.75. The molecule has 96 valence electrons. The molecular formula is C15H17BrFN. The summed E-state index contributed by atoms with van der Waals surface area (Å²) in [7, 11) is 0. The molecule has 0 radical (unpaired) electrons. The van der Waals surface area contributed by atoms with E-state index in [1.165, 1.54) is 18.9 Å². The van der Waals surface area contributed by atoms with E-state index in [4.69, 9.17) is 0 Å². The summed E-state index contributed by atoms with van der Waals surface area (Å²) < 4.78 is 14.6. The van der Waals surface area contributed by atoms with Crippen LogP contribution in [0.3, 0.4) is 0 Å². The van der Waals surface area contributed by atoms with Crippen LogP contribution in [0.15, 0.2) is 34.8 Å². The molecule has 1 N–H and O–H groups in total. The summed E-state index contributed by atoms with van der Waals surface area (Å²) in [5.41, 5.74) is 0.594. The third-order valence-corrected chi connectivity index (χ3v) is 4.97. The van der Waals surface area contributed by atoms with Crippen molar-refractivity contribution in [2.45, 2.75) is 25.8 Å². The Labute approximate surface area is 116 Å². The lowest BCUT2D eigenvalue weighted by atomic mass is 9.87. The monoisotopic (exact) mass is 309 g/mol. The van der Waals surface area contributed by atoms with Crippen molar-refractivity contribution in [3.05, 3.63) is 40.6 Å². The minimum Gasteiger partial charge on any atom is -0.379 e. The first-order valence-corrected chi connectivity index (χ1v) is 7.33. The second-order valence-corrected chi connectivity index (χ2v) is 6.33. The Morgan fingerprint density at radius 1 is 1.33 bits per heavy atom. The van der Waals surface area contributed by atoms with Gasteiger partial charge in [0.15, 0.2) is 0 Å². The number of benzene rings is 1. The summed E-state index contributed by atoms with van der Waals surface area (Å²) in [4.78, 5) is 0. The zero-order valence-electron chi connectivity index (χ0n) is 10.4. The minimum absolute atomic E-state index is 0.185. The second-order valence-electron chi connectivity index (χ2n) is 5.47. The van der Waals surface area contributed by atoms with E-state index in [-0.39, 0.29) is 5.82 Å². The van der Waals surface area contributed by atoms with Gasteiger partial charge in [0.05, 0.1) is 5.69 Å². The first-order chi connectivity index (χ1) is 8.65. The molecule has 2 bridgehead atoms. The molecule has 3 heteroatoms. The van der Waals surface area contributed by atoms with Crippen LogP contribution in [0.5, 0.6) is 0 Å². The molecule has 4 atom stereocenters. The molecular weight excluding hydrogens is 293 g/mol. The molecule has 4 unspecified atom stereocenters. The fourth-order valence-electron chi connectivity index (χ4n) is 3.37. The topological polar surface area (TPSA) is 12.0 Å². The van der Waals surface area contributed by atoms with Crippen LogP contribution in [0.1, 0.15) is 19.8 Å². The van der Waals surface area contributed by atoms with E-state index in [1.54, 1.807) is 6.07 Å². The lowest BCUT2D eigenvalue weighted by molar-refractivity contribution is 0.398. The van der Waals surface area contributed by atoms with E-state index in [1.807, 2.05) is 6.07 Å². The Kier molecular flexibility index (Phi) is 3.18. The SMILES string of the molecule is CC(Nc1c(F)cccc1Br)C1CC2C=CC1C2. The number of fused-ring (bicyclic) bond motifs is 2. The average Bonchev–Trinajstić information content (AvgIpc) is 2.96. The Hall–Kier alpha value is -0.830. The highest BCUT2D eigenvalue weighted by Gasteiger charge is 2.38. The van der Waals surface area contributed by atoms with Crippen molar-refractivity contribution < 1.29 is 4.39 Å². The van der Waals surface area contributed by atoms with Gasteiger partial charge in [0, 0.05) is 10.5 Å². The third-order valence-electron chi connectivity index (χ3n) is 4.31. The summed E-state index contributed by atoms with van der Waals surface area (Å²) in [6.07, 6.45) is 7.21. The molecule has 1 nitrogen and oxygen atoms in total. The second kappa shape index (κ2) is 4.69. The maximum absolute atomic E-state index is 13.8. The van der Waals surface area contributed by atoms with E-state index < -0.39 is 0 Å². The van der Waals surface area contributed by atoms with Gasteiger partial charge in [-0.2, -0.15) is 0 Å². The number of halogens is 2. The molecule has 1 saturated carbocycles.